The van der Waals surface area contributed by atoms with E-state index in [1.54, 1.807) is 0 Å². The van der Waals surface area contributed by atoms with Gasteiger partial charge in [-0.25, -0.2) is 0 Å². The Labute approximate surface area is 118 Å². The molecule has 2 nitrogen and oxygen atoms in total. The van der Waals surface area contributed by atoms with Gasteiger partial charge < -0.3 is 9.90 Å². The maximum atomic E-state index is 10.0. The van der Waals surface area contributed by atoms with Crippen LogP contribution in [-0.2, 0) is 49.6 Å². The average Bonchev–Trinajstić information content (AvgIpc) is 1.83. The molecule has 4 heteroatoms. The minimum Gasteiger partial charge on any atom is -0.550 e. The molecule has 0 aliphatic rings. The van der Waals surface area contributed by atoms with Gasteiger partial charge >= 0.3 is 22.4 Å². The van der Waals surface area contributed by atoms with E-state index in [0.29, 0.717) is 5.41 Å². The average molecular weight is 387 g/mol. The van der Waals surface area contributed by atoms with Crippen LogP contribution in [0.2, 0.25) is 0 Å². The van der Waals surface area contributed by atoms with Crippen LogP contribution in [0.3, 0.4) is 0 Å². The van der Waals surface area contributed by atoms with E-state index in [1.807, 2.05) is 0 Å². The van der Waals surface area contributed by atoms with Crippen molar-refractivity contribution in [2.45, 2.75) is 52.9 Å². The van der Waals surface area contributed by atoms with E-state index in [4.69, 9.17) is 0 Å². The van der Waals surface area contributed by atoms with Gasteiger partial charge in [0.2, 0.25) is 0 Å². The fourth-order valence-electron chi connectivity index (χ4n) is 1.10. The molecule has 1 radical (unpaired) electrons. The molecule has 0 saturated carbocycles. The van der Waals surface area contributed by atoms with Crippen molar-refractivity contribution >= 4 is 5.97 Å². The Balaban J connectivity index is -0.000000605. The molecule has 0 unspecified atom stereocenters. The third kappa shape index (κ3) is 18.7. The summed E-state index contributed by atoms with van der Waals surface area (Å²) in [5, 5.41) is 10.0. The minimum atomic E-state index is -0.925. The van der Waals surface area contributed by atoms with Gasteiger partial charge in [-0.1, -0.05) is 33.6 Å². The number of carboxylic acid groups (broad SMARTS) is 1. The smallest absolute Gasteiger partial charge is 0.550 e. The van der Waals surface area contributed by atoms with Crippen molar-refractivity contribution in [3.05, 3.63) is 0 Å². The number of aliphatic carboxylic acids is 1. The number of rotatable bonds is 5. The summed E-state index contributed by atoms with van der Waals surface area (Å²) >= 11 is 0. The van der Waals surface area contributed by atoms with Gasteiger partial charge in [0.1, 0.15) is 0 Å². The number of hydrogen-bond acceptors (Lipinski definition) is 2. The number of carboxylic acids is 1. The number of carbonyl (C=O) groups excluding carboxylic acids is 1. The normalized spacial score (nSPS) is 9.93. The monoisotopic (exact) mass is 385 g/mol. The maximum Gasteiger partial charge on any atom is 1.00 e. The van der Waals surface area contributed by atoms with Gasteiger partial charge in [-0.05, 0) is 24.7 Å². The van der Waals surface area contributed by atoms with Crippen molar-refractivity contribution in [1.29, 1.82) is 0 Å². The molecule has 0 aliphatic carbocycles. The Kier molecular flexibility index (Phi) is 15.2. The molecule has 0 spiro atoms. The van der Waals surface area contributed by atoms with Crippen molar-refractivity contribution in [3.8, 4) is 0 Å². The van der Waals surface area contributed by atoms with E-state index >= 15 is 0 Å². The number of carbonyl (C=O) groups is 1. The van der Waals surface area contributed by atoms with Gasteiger partial charge in [0.15, 0.2) is 0 Å². The van der Waals surface area contributed by atoms with Crippen molar-refractivity contribution < 1.29 is 54.7 Å². The van der Waals surface area contributed by atoms with Gasteiger partial charge in [-0.2, -0.15) is 0 Å². The zero-order chi connectivity index (χ0) is 9.61. The standard InChI is InChI=1S/C10H20O2.2Ag/c1-10(2,3)8-6-4-5-7-9(11)12;;/h4-8H2,1-3H3,(H,11,12);;/q;;+1/p-1. The third-order valence-corrected chi connectivity index (χ3v) is 1.81. The molecular weight excluding hydrogens is 368 g/mol. The van der Waals surface area contributed by atoms with Gasteiger partial charge in [-0.3, -0.25) is 0 Å². The summed E-state index contributed by atoms with van der Waals surface area (Å²) in [5.74, 6) is -0.925. The van der Waals surface area contributed by atoms with Crippen LogP contribution in [0.4, 0.5) is 0 Å². The van der Waals surface area contributed by atoms with E-state index in [2.05, 4.69) is 20.8 Å². The second-order valence-electron chi connectivity index (χ2n) is 4.49. The SMILES string of the molecule is CC(C)(C)CCCCCC(=O)[O-].[Ag+].[Ag]. The Hall–Kier alpha value is 0.951. The molecule has 93 valence electrons. The summed E-state index contributed by atoms with van der Waals surface area (Å²) in [7, 11) is 0. The first-order chi connectivity index (χ1) is 5.42. The molecule has 0 fully saturated rings. The summed E-state index contributed by atoms with van der Waals surface area (Å²) in [5.41, 5.74) is 0.376. The fourth-order valence-corrected chi connectivity index (χ4v) is 1.10. The third-order valence-electron chi connectivity index (χ3n) is 1.81. The summed E-state index contributed by atoms with van der Waals surface area (Å²) in [4.78, 5) is 10.0. The topological polar surface area (TPSA) is 40.1 Å². The predicted molar refractivity (Wildman–Crippen MR) is 47.5 cm³/mol. The molecule has 14 heavy (non-hydrogen) atoms. The molecule has 0 aromatic rings. The molecule has 0 amide bonds. The first-order valence-corrected chi connectivity index (χ1v) is 4.62. The summed E-state index contributed by atoms with van der Waals surface area (Å²) in [6.07, 6.45) is 4.27. The molecule has 0 atom stereocenters. The van der Waals surface area contributed by atoms with Crippen LogP contribution < -0.4 is 5.11 Å². The molecule has 0 heterocycles. The van der Waals surface area contributed by atoms with Crippen LogP contribution in [0.15, 0.2) is 0 Å². The first kappa shape index (κ1) is 20.4. The minimum absolute atomic E-state index is 0. The largest absolute Gasteiger partial charge is 1.00 e. The van der Waals surface area contributed by atoms with E-state index in [0.717, 1.165) is 19.3 Å². The van der Waals surface area contributed by atoms with Crippen molar-refractivity contribution in [2.75, 3.05) is 0 Å². The van der Waals surface area contributed by atoms with Crippen molar-refractivity contribution in [1.82, 2.24) is 0 Å². The van der Waals surface area contributed by atoms with Gasteiger partial charge in [0, 0.05) is 28.3 Å². The molecule has 0 rings (SSSR count). The van der Waals surface area contributed by atoms with E-state index in [-0.39, 0.29) is 51.2 Å². The van der Waals surface area contributed by atoms with Gasteiger partial charge in [-0.15, -0.1) is 0 Å². The molecule has 0 aromatic carbocycles. The first-order valence-electron chi connectivity index (χ1n) is 4.62. The van der Waals surface area contributed by atoms with E-state index < -0.39 is 5.97 Å². The summed E-state index contributed by atoms with van der Waals surface area (Å²) in [6.45, 7) is 6.60. The maximum absolute atomic E-state index is 10.0. The quantitative estimate of drug-likeness (QED) is 0.533. The van der Waals surface area contributed by atoms with Crippen LogP contribution in [-0.4, -0.2) is 5.97 Å². The van der Waals surface area contributed by atoms with Gasteiger partial charge in [0.05, 0.1) is 0 Å². The summed E-state index contributed by atoms with van der Waals surface area (Å²) < 4.78 is 0. The summed E-state index contributed by atoms with van der Waals surface area (Å²) in [6, 6.07) is 0. The second-order valence-corrected chi connectivity index (χ2v) is 4.49. The Morgan fingerprint density at radius 1 is 1.14 bits per heavy atom. The fraction of sp³-hybridized carbons (Fsp3) is 0.900. The van der Waals surface area contributed by atoms with Crippen LogP contribution in [0.25, 0.3) is 0 Å². The van der Waals surface area contributed by atoms with Crippen LogP contribution in [0.5, 0.6) is 0 Å². The molecule has 0 saturated heterocycles. The second kappa shape index (κ2) is 10.5. The molecule has 0 bridgehead atoms. The number of hydrogen-bond donors (Lipinski definition) is 0. The van der Waals surface area contributed by atoms with Crippen LogP contribution in [0, 0.1) is 5.41 Å². The zero-order valence-corrected chi connectivity index (χ0v) is 11.9. The molecule has 0 aliphatic heterocycles. The van der Waals surface area contributed by atoms with Crippen molar-refractivity contribution in [2.24, 2.45) is 5.41 Å². The zero-order valence-electron chi connectivity index (χ0n) is 8.96. The van der Waals surface area contributed by atoms with E-state index in [9.17, 15) is 9.90 Å². The van der Waals surface area contributed by atoms with Crippen LogP contribution in [0.1, 0.15) is 52.9 Å². The van der Waals surface area contributed by atoms with Gasteiger partial charge in [0.25, 0.3) is 0 Å². The predicted octanol–water partition coefficient (Wildman–Crippen LogP) is 1.73. The molecular formula is C10H19Ag2O2. The van der Waals surface area contributed by atoms with Crippen LogP contribution >= 0.6 is 0 Å². The molecule has 0 N–H and O–H groups in total. The number of unbranched alkanes of at least 4 members (excludes halogenated alkanes) is 2. The van der Waals surface area contributed by atoms with Crippen molar-refractivity contribution in [3.63, 3.8) is 0 Å². The molecule has 0 aromatic heterocycles. The van der Waals surface area contributed by atoms with E-state index in [1.165, 1.54) is 6.42 Å². The Morgan fingerprint density at radius 2 is 1.64 bits per heavy atom. The Morgan fingerprint density at radius 3 is 2.00 bits per heavy atom. The Bertz CT molecular complexity index is 142.